The standard InChI is InChI=1S/C9H11N7O2S/c1-15-4(3-11-14-8(10)19)12-6-5(15)7(17)13-9(18)16(6)2/h3H,1-2H3,(H3,10,14,19)(H,13,17,18)/b11-3-. The molecule has 0 spiro atoms. The molecule has 19 heavy (non-hydrogen) atoms. The largest absolute Gasteiger partial charge is 0.375 e. The SMILES string of the molecule is Cn1c(/C=N\NC(N)=S)nc2c1c(=O)[nH]c(=O)n2C. The predicted molar refractivity (Wildman–Crippen MR) is 74.1 cm³/mol. The number of hydrogen-bond donors (Lipinski definition) is 3. The summed E-state index contributed by atoms with van der Waals surface area (Å²) in [6.07, 6.45) is 1.35. The van der Waals surface area contributed by atoms with Crippen LogP contribution in [0.5, 0.6) is 0 Å². The van der Waals surface area contributed by atoms with Crippen molar-refractivity contribution in [3.05, 3.63) is 26.7 Å². The Hall–Kier alpha value is -2.49. The second-order valence-electron chi connectivity index (χ2n) is 3.75. The molecule has 2 aromatic rings. The first-order valence-electron chi connectivity index (χ1n) is 5.16. The van der Waals surface area contributed by atoms with Gasteiger partial charge >= 0.3 is 5.69 Å². The third kappa shape index (κ3) is 2.25. The Morgan fingerprint density at radius 3 is 2.79 bits per heavy atom. The van der Waals surface area contributed by atoms with E-state index in [1.165, 1.54) is 22.4 Å². The van der Waals surface area contributed by atoms with Gasteiger partial charge in [0.25, 0.3) is 5.56 Å². The van der Waals surface area contributed by atoms with Gasteiger partial charge in [0, 0.05) is 14.1 Å². The zero-order valence-corrected chi connectivity index (χ0v) is 11.0. The second kappa shape index (κ2) is 4.65. The Labute approximate surface area is 111 Å². The molecule has 0 saturated heterocycles. The van der Waals surface area contributed by atoms with Gasteiger partial charge in [-0.15, -0.1) is 0 Å². The monoisotopic (exact) mass is 281 g/mol. The number of rotatable bonds is 2. The Balaban J connectivity index is 2.63. The first-order chi connectivity index (χ1) is 8.91. The van der Waals surface area contributed by atoms with Gasteiger partial charge in [-0.05, 0) is 12.2 Å². The molecule has 0 aliphatic carbocycles. The highest BCUT2D eigenvalue weighted by Crippen LogP contribution is 2.06. The minimum atomic E-state index is -0.527. The number of nitrogens with two attached hydrogens (primary N) is 1. The molecule has 0 saturated carbocycles. The first kappa shape index (κ1) is 13.0. The summed E-state index contributed by atoms with van der Waals surface area (Å²) >= 11 is 4.59. The van der Waals surface area contributed by atoms with E-state index in [1.54, 1.807) is 7.05 Å². The molecule has 2 heterocycles. The van der Waals surface area contributed by atoms with E-state index in [1.807, 2.05) is 0 Å². The Morgan fingerprint density at radius 1 is 1.47 bits per heavy atom. The first-order valence-corrected chi connectivity index (χ1v) is 5.57. The molecule has 0 aliphatic heterocycles. The molecule has 2 aromatic heterocycles. The molecule has 9 nitrogen and oxygen atoms in total. The van der Waals surface area contributed by atoms with Gasteiger partial charge in [-0.1, -0.05) is 0 Å². The van der Waals surface area contributed by atoms with Gasteiger partial charge in [-0.25, -0.2) is 9.78 Å². The molecular weight excluding hydrogens is 270 g/mol. The predicted octanol–water partition coefficient (Wildman–Crippen LogP) is -1.87. The second-order valence-corrected chi connectivity index (χ2v) is 4.19. The fraction of sp³-hybridized carbons (Fsp3) is 0.222. The molecular formula is C9H11N7O2S. The lowest BCUT2D eigenvalue weighted by Crippen LogP contribution is -2.29. The number of imidazole rings is 1. The summed E-state index contributed by atoms with van der Waals surface area (Å²) in [5.74, 6) is 0.380. The number of nitrogens with one attached hydrogen (secondary N) is 2. The Morgan fingerprint density at radius 2 is 2.16 bits per heavy atom. The smallest absolute Gasteiger partial charge is 0.329 e. The van der Waals surface area contributed by atoms with Gasteiger partial charge in [0.2, 0.25) is 0 Å². The number of fused-ring (bicyclic) bond motifs is 1. The molecule has 4 N–H and O–H groups in total. The van der Waals surface area contributed by atoms with Crippen molar-refractivity contribution in [1.82, 2.24) is 24.5 Å². The molecule has 0 bridgehead atoms. The molecule has 0 amide bonds. The number of hydrazone groups is 1. The van der Waals surface area contributed by atoms with Crippen molar-refractivity contribution in [2.45, 2.75) is 0 Å². The zero-order valence-electron chi connectivity index (χ0n) is 10.2. The highest BCUT2D eigenvalue weighted by molar-refractivity contribution is 7.80. The van der Waals surface area contributed by atoms with Gasteiger partial charge < -0.3 is 10.3 Å². The minimum Gasteiger partial charge on any atom is -0.375 e. The number of nitrogens with zero attached hydrogens (tertiary/aromatic N) is 4. The van der Waals surface area contributed by atoms with Crippen molar-refractivity contribution in [2.75, 3.05) is 0 Å². The summed E-state index contributed by atoms with van der Waals surface area (Å²) < 4.78 is 2.76. The molecule has 0 fully saturated rings. The average Bonchev–Trinajstić information content (AvgIpc) is 2.64. The van der Waals surface area contributed by atoms with Gasteiger partial charge in [0.05, 0.1) is 6.21 Å². The van der Waals surface area contributed by atoms with Gasteiger partial charge in [0.1, 0.15) is 0 Å². The fourth-order valence-corrected chi connectivity index (χ4v) is 1.65. The summed E-state index contributed by atoms with van der Waals surface area (Å²) in [5.41, 5.74) is 7.11. The molecule has 0 radical (unpaired) electrons. The number of thiocarbonyl (C=S) groups is 1. The van der Waals surface area contributed by atoms with E-state index < -0.39 is 11.2 Å². The average molecular weight is 281 g/mol. The molecule has 0 aromatic carbocycles. The van der Waals surface area contributed by atoms with E-state index in [2.05, 4.69) is 32.7 Å². The quantitative estimate of drug-likeness (QED) is 0.336. The van der Waals surface area contributed by atoms with E-state index in [4.69, 9.17) is 5.73 Å². The highest BCUT2D eigenvalue weighted by atomic mass is 32.1. The molecule has 0 aliphatic rings. The van der Waals surface area contributed by atoms with E-state index >= 15 is 0 Å². The van der Waals surface area contributed by atoms with Crippen molar-refractivity contribution in [2.24, 2.45) is 24.9 Å². The van der Waals surface area contributed by atoms with E-state index in [0.29, 0.717) is 5.82 Å². The van der Waals surface area contributed by atoms with Crippen molar-refractivity contribution in [3.63, 3.8) is 0 Å². The van der Waals surface area contributed by atoms with Crippen molar-refractivity contribution in [3.8, 4) is 0 Å². The third-order valence-corrected chi connectivity index (χ3v) is 2.62. The van der Waals surface area contributed by atoms with Crippen LogP contribution in [0, 0.1) is 0 Å². The van der Waals surface area contributed by atoms with Crippen LogP contribution >= 0.6 is 12.2 Å². The van der Waals surface area contributed by atoms with Crippen LogP contribution in [0.1, 0.15) is 5.82 Å². The Bertz CT molecular complexity index is 797. The van der Waals surface area contributed by atoms with Crippen molar-refractivity contribution < 1.29 is 0 Å². The number of hydrogen-bond acceptors (Lipinski definition) is 5. The summed E-state index contributed by atoms with van der Waals surface area (Å²) in [7, 11) is 3.15. The maximum absolute atomic E-state index is 11.7. The van der Waals surface area contributed by atoms with Crippen LogP contribution < -0.4 is 22.4 Å². The lowest BCUT2D eigenvalue weighted by atomic mass is 10.5. The fourth-order valence-electron chi connectivity index (χ4n) is 1.59. The maximum atomic E-state index is 11.7. The van der Waals surface area contributed by atoms with Crippen LogP contribution in [0.4, 0.5) is 0 Å². The summed E-state index contributed by atoms with van der Waals surface area (Å²) in [6, 6.07) is 0. The summed E-state index contributed by atoms with van der Waals surface area (Å²) in [5, 5.41) is 3.77. The van der Waals surface area contributed by atoms with Crippen LogP contribution in [0.2, 0.25) is 0 Å². The topological polar surface area (TPSA) is 123 Å². The highest BCUT2D eigenvalue weighted by Gasteiger charge is 2.13. The number of H-pyrrole nitrogens is 1. The lowest BCUT2D eigenvalue weighted by molar-refractivity contribution is 0.829. The van der Waals surface area contributed by atoms with Crippen molar-refractivity contribution >= 4 is 34.7 Å². The van der Waals surface area contributed by atoms with Crippen LogP contribution in [0.15, 0.2) is 14.7 Å². The van der Waals surface area contributed by atoms with E-state index in [9.17, 15) is 9.59 Å². The third-order valence-electron chi connectivity index (χ3n) is 2.52. The van der Waals surface area contributed by atoms with Gasteiger partial charge in [-0.3, -0.25) is 19.8 Å². The van der Waals surface area contributed by atoms with Crippen LogP contribution in [0.25, 0.3) is 11.2 Å². The number of aromatic nitrogens is 4. The van der Waals surface area contributed by atoms with E-state index in [-0.39, 0.29) is 16.3 Å². The van der Waals surface area contributed by atoms with Crippen molar-refractivity contribution in [1.29, 1.82) is 0 Å². The molecule has 10 heteroatoms. The number of aromatic amines is 1. The van der Waals surface area contributed by atoms with Gasteiger partial charge in [-0.2, -0.15) is 5.10 Å². The molecule has 2 rings (SSSR count). The number of aryl methyl sites for hydroxylation is 2. The van der Waals surface area contributed by atoms with Crippen LogP contribution in [0.3, 0.4) is 0 Å². The summed E-state index contributed by atoms with van der Waals surface area (Å²) in [6.45, 7) is 0. The maximum Gasteiger partial charge on any atom is 0.329 e. The zero-order chi connectivity index (χ0) is 14.2. The minimum absolute atomic E-state index is 0.0141. The molecule has 100 valence electrons. The molecule has 0 unspecified atom stereocenters. The van der Waals surface area contributed by atoms with Crippen LogP contribution in [-0.4, -0.2) is 30.4 Å². The molecule has 0 atom stereocenters. The Kier molecular flexibility index (Phi) is 3.17. The normalized spacial score (nSPS) is 11.3. The lowest BCUT2D eigenvalue weighted by Gasteiger charge is -1.98. The summed E-state index contributed by atoms with van der Waals surface area (Å²) in [4.78, 5) is 29.6. The van der Waals surface area contributed by atoms with Crippen LogP contribution in [-0.2, 0) is 14.1 Å². The van der Waals surface area contributed by atoms with E-state index in [0.717, 1.165) is 0 Å². The van der Waals surface area contributed by atoms with Gasteiger partial charge in [0.15, 0.2) is 22.1 Å².